The van der Waals surface area contributed by atoms with E-state index < -0.39 is 5.91 Å². The van der Waals surface area contributed by atoms with Crippen molar-refractivity contribution in [3.63, 3.8) is 0 Å². The van der Waals surface area contributed by atoms with E-state index in [4.69, 9.17) is 11.5 Å². The molecule has 0 aliphatic carbocycles. The van der Waals surface area contributed by atoms with Gasteiger partial charge in [0.15, 0.2) is 5.82 Å². The minimum atomic E-state index is -0.642. The van der Waals surface area contributed by atoms with Gasteiger partial charge in [-0.1, -0.05) is 0 Å². The molecule has 3 rings (SSSR count). The van der Waals surface area contributed by atoms with Crippen molar-refractivity contribution >= 4 is 23.2 Å². The number of aromatic amines is 1. The first kappa shape index (κ1) is 12.7. The summed E-state index contributed by atoms with van der Waals surface area (Å²) in [5, 5.41) is 13.6. The van der Waals surface area contributed by atoms with E-state index in [1.807, 2.05) is 36.5 Å². The second-order valence-corrected chi connectivity index (χ2v) is 4.35. The number of carbonyl (C=O) groups is 1. The Morgan fingerprint density at radius 3 is 2.67 bits per heavy atom. The molecule has 0 unspecified atom stereocenters. The lowest BCUT2D eigenvalue weighted by atomic mass is 10.2. The molecule has 2 aromatic heterocycles. The van der Waals surface area contributed by atoms with Crippen LogP contribution in [0.25, 0.3) is 5.69 Å². The van der Waals surface area contributed by atoms with Crippen LogP contribution >= 0.6 is 0 Å². The number of amides is 1. The third kappa shape index (κ3) is 2.41. The third-order valence-electron chi connectivity index (χ3n) is 2.94. The molecule has 0 aliphatic heterocycles. The van der Waals surface area contributed by atoms with Crippen LogP contribution in [-0.4, -0.2) is 25.9 Å². The van der Waals surface area contributed by atoms with Crippen LogP contribution in [0.1, 0.15) is 10.4 Å². The van der Waals surface area contributed by atoms with Gasteiger partial charge in [-0.05, 0) is 30.3 Å². The number of nitrogen functional groups attached to an aromatic ring is 1. The second kappa shape index (κ2) is 5.00. The van der Waals surface area contributed by atoms with E-state index in [0.717, 1.165) is 11.4 Å². The van der Waals surface area contributed by atoms with E-state index in [1.54, 1.807) is 10.9 Å². The SMILES string of the molecule is NC(=O)c1c(Nc2ccc(-n3cccn3)cc2)n[nH]c1N. The maximum atomic E-state index is 11.3. The van der Waals surface area contributed by atoms with Gasteiger partial charge in [-0.15, -0.1) is 0 Å². The van der Waals surface area contributed by atoms with Gasteiger partial charge in [0.25, 0.3) is 5.91 Å². The Hall–Kier alpha value is -3.29. The van der Waals surface area contributed by atoms with Crippen LogP contribution in [0, 0.1) is 0 Å². The fourth-order valence-corrected chi connectivity index (χ4v) is 1.95. The zero-order valence-corrected chi connectivity index (χ0v) is 10.9. The van der Waals surface area contributed by atoms with Gasteiger partial charge in [-0.25, -0.2) is 4.68 Å². The molecule has 1 aromatic carbocycles. The fourth-order valence-electron chi connectivity index (χ4n) is 1.95. The zero-order valence-electron chi connectivity index (χ0n) is 10.9. The quantitative estimate of drug-likeness (QED) is 0.568. The molecule has 0 saturated carbocycles. The highest BCUT2D eigenvalue weighted by atomic mass is 16.1. The van der Waals surface area contributed by atoms with Crippen LogP contribution in [0.3, 0.4) is 0 Å². The number of hydrogen-bond acceptors (Lipinski definition) is 5. The Labute approximate surface area is 119 Å². The van der Waals surface area contributed by atoms with Crippen molar-refractivity contribution in [3.05, 3.63) is 48.3 Å². The minimum Gasteiger partial charge on any atom is -0.383 e. The Kier molecular flexibility index (Phi) is 3.03. The largest absolute Gasteiger partial charge is 0.383 e. The molecule has 3 aromatic rings. The van der Waals surface area contributed by atoms with E-state index in [9.17, 15) is 4.79 Å². The molecule has 0 radical (unpaired) electrons. The molecule has 0 fully saturated rings. The topological polar surface area (TPSA) is 128 Å². The summed E-state index contributed by atoms with van der Waals surface area (Å²) in [6.45, 7) is 0. The fraction of sp³-hybridized carbons (Fsp3) is 0. The minimum absolute atomic E-state index is 0.137. The summed E-state index contributed by atoms with van der Waals surface area (Å²) in [4.78, 5) is 11.3. The van der Waals surface area contributed by atoms with E-state index in [1.165, 1.54) is 0 Å². The number of rotatable bonds is 4. The highest BCUT2D eigenvalue weighted by Gasteiger charge is 2.16. The van der Waals surface area contributed by atoms with Crippen molar-refractivity contribution in [1.82, 2.24) is 20.0 Å². The third-order valence-corrected chi connectivity index (χ3v) is 2.94. The summed E-state index contributed by atoms with van der Waals surface area (Å²) < 4.78 is 1.74. The van der Waals surface area contributed by atoms with Crippen LogP contribution in [0.5, 0.6) is 0 Å². The molecule has 0 spiro atoms. The molecular weight excluding hydrogens is 270 g/mol. The summed E-state index contributed by atoms with van der Waals surface area (Å²) in [5.74, 6) is -0.207. The molecule has 8 nitrogen and oxygen atoms in total. The lowest BCUT2D eigenvalue weighted by Gasteiger charge is -2.06. The normalized spacial score (nSPS) is 10.5. The highest BCUT2D eigenvalue weighted by Crippen LogP contribution is 2.22. The molecular formula is C13H13N7O. The monoisotopic (exact) mass is 283 g/mol. The predicted octanol–water partition coefficient (Wildman–Crippen LogP) is 1.02. The maximum absolute atomic E-state index is 11.3. The van der Waals surface area contributed by atoms with E-state index in [0.29, 0.717) is 5.82 Å². The van der Waals surface area contributed by atoms with Crippen molar-refractivity contribution in [2.45, 2.75) is 0 Å². The van der Waals surface area contributed by atoms with Gasteiger partial charge in [0.1, 0.15) is 11.4 Å². The average Bonchev–Trinajstić information content (AvgIpc) is 3.10. The van der Waals surface area contributed by atoms with Crippen LogP contribution in [0.15, 0.2) is 42.7 Å². The molecule has 0 bridgehead atoms. The van der Waals surface area contributed by atoms with Crippen molar-refractivity contribution in [3.8, 4) is 5.69 Å². The number of hydrogen-bond donors (Lipinski definition) is 4. The van der Waals surface area contributed by atoms with E-state index in [2.05, 4.69) is 20.6 Å². The maximum Gasteiger partial charge on any atom is 0.256 e. The van der Waals surface area contributed by atoms with Gasteiger partial charge in [-0.2, -0.15) is 10.2 Å². The van der Waals surface area contributed by atoms with Gasteiger partial charge < -0.3 is 16.8 Å². The Morgan fingerprint density at radius 1 is 1.29 bits per heavy atom. The molecule has 0 atom stereocenters. The first-order chi connectivity index (χ1) is 10.1. The summed E-state index contributed by atoms with van der Waals surface area (Å²) in [7, 11) is 0. The second-order valence-electron chi connectivity index (χ2n) is 4.35. The van der Waals surface area contributed by atoms with Gasteiger partial charge in [0, 0.05) is 18.1 Å². The zero-order chi connectivity index (χ0) is 14.8. The summed E-state index contributed by atoms with van der Waals surface area (Å²) in [6, 6.07) is 9.29. The molecule has 0 aliphatic rings. The van der Waals surface area contributed by atoms with Crippen molar-refractivity contribution in [2.24, 2.45) is 5.73 Å². The number of H-pyrrole nitrogens is 1. The first-order valence-corrected chi connectivity index (χ1v) is 6.16. The Balaban J connectivity index is 1.84. The number of nitrogens with zero attached hydrogens (tertiary/aromatic N) is 3. The van der Waals surface area contributed by atoms with Gasteiger partial charge in [0.2, 0.25) is 0 Å². The highest BCUT2D eigenvalue weighted by molar-refractivity contribution is 6.02. The van der Waals surface area contributed by atoms with Crippen LogP contribution in [0.4, 0.5) is 17.3 Å². The van der Waals surface area contributed by atoms with E-state index >= 15 is 0 Å². The molecule has 8 heteroatoms. The lowest BCUT2D eigenvalue weighted by molar-refractivity contribution is 0.100. The Bertz CT molecular complexity index is 758. The van der Waals surface area contributed by atoms with Crippen molar-refractivity contribution in [2.75, 3.05) is 11.1 Å². The predicted molar refractivity (Wildman–Crippen MR) is 78.4 cm³/mol. The van der Waals surface area contributed by atoms with E-state index in [-0.39, 0.29) is 11.4 Å². The molecule has 106 valence electrons. The lowest BCUT2D eigenvalue weighted by Crippen LogP contribution is -2.14. The van der Waals surface area contributed by atoms with Gasteiger partial charge in [0.05, 0.1) is 5.69 Å². The average molecular weight is 283 g/mol. The van der Waals surface area contributed by atoms with Crippen LogP contribution < -0.4 is 16.8 Å². The first-order valence-electron chi connectivity index (χ1n) is 6.16. The number of carbonyl (C=O) groups excluding carboxylic acids is 1. The van der Waals surface area contributed by atoms with Gasteiger partial charge in [-0.3, -0.25) is 9.89 Å². The van der Waals surface area contributed by atoms with Crippen molar-refractivity contribution in [1.29, 1.82) is 0 Å². The summed E-state index contributed by atoms with van der Waals surface area (Å²) in [5.41, 5.74) is 12.7. The number of nitrogens with two attached hydrogens (primary N) is 2. The molecule has 0 saturated heterocycles. The van der Waals surface area contributed by atoms with Gasteiger partial charge >= 0.3 is 0 Å². The number of aromatic nitrogens is 4. The standard InChI is InChI=1S/C13H13N7O/c14-11-10(12(15)21)13(19-18-11)17-8-2-4-9(5-3-8)20-7-1-6-16-20/h1-7H,(H2,15,21)(H4,14,17,18,19). The summed E-state index contributed by atoms with van der Waals surface area (Å²) >= 11 is 0. The molecule has 1 amide bonds. The molecule has 6 N–H and O–H groups in total. The number of benzene rings is 1. The number of primary amides is 1. The molecule has 2 heterocycles. The van der Waals surface area contributed by atoms with Crippen LogP contribution in [-0.2, 0) is 0 Å². The number of nitrogens with one attached hydrogen (secondary N) is 2. The van der Waals surface area contributed by atoms with Crippen LogP contribution in [0.2, 0.25) is 0 Å². The molecule has 21 heavy (non-hydrogen) atoms. The van der Waals surface area contributed by atoms with Crippen molar-refractivity contribution < 1.29 is 4.79 Å². The Morgan fingerprint density at radius 2 is 2.05 bits per heavy atom. The summed E-state index contributed by atoms with van der Waals surface area (Å²) in [6.07, 6.45) is 3.56. The number of anilines is 3. The smallest absolute Gasteiger partial charge is 0.256 e.